The van der Waals surface area contributed by atoms with Crippen LogP contribution in [0.25, 0.3) is 5.69 Å². The van der Waals surface area contributed by atoms with E-state index in [4.69, 9.17) is 17.0 Å². The lowest BCUT2D eigenvalue weighted by atomic mass is 10.1. The first kappa shape index (κ1) is 16.5. The Morgan fingerprint density at radius 3 is 2.75 bits per heavy atom. The SMILES string of the molecule is O=C(NNC(=S)NC[C@H]1CCCO1)c1ccccc1-n1cccc1. The van der Waals surface area contributed by atoms with E-state index in [0.29, 0.717) is 17.2 Å². The Bertz CT molecular complexity index is 696. The molecule has 1 fully saturated rings. The van der Waals surface area contributed by atoms with E-state index in [2.05, 4.69) is 16.2 Å². The maximum absolute atomic E-state index is 12.4. The Balaban J connectivity index is 1.54. The fourth-order valence-electron chi connectivity index (χ4n) is 2.62. The number of carbonyl (C=O) groups is 1. The van der Waals surface area contributed by atoms with E-state index in [0.717, 1.165) is 25.1 Å². The van der Waals surface area contributed by atoms with Gasteiger partial charge < -0.3 is 14.6 Å². The summed E-state index contributed by atoms with van der Waals surface area (Å²) in [6, 6.07) is 11.2. The predicted molar refractivity (Wildman–Crippen MR) is 95.9 cm³/mol. The summed E-state index contributed by atoms with van der Waals surface area (Å²) in [5.41, 5.74) is 6.73. The monoisotopic (exact) mass is 344 g/mol. The third-order valence-electron chi connectivity index (χ3n) is 3.84. The van der Waals surface area contributed by atoms with E-state index in [1.54, 1.807) is 6.07 Å². The number of rotatable bonds is 4. The highest BCUT2D eigenvalue weighted by Gasteiger charge is 2.16. The molecular formula is C17H20N4O2S. The molecule has 3 N–H and O–H groups in total. The Kier molecular flexibility index (Phi) is 5.45. The molecule has 0 radical (unpaired) electrons. The van der Waals surface area contributed by atoms with E-state index in [1.807, 2.05) is 47.3 Å². The Labute approximate surface area is 146 Å². The molecule has 126 valence electrons. The lowest BCUT2D eigenvalue weighted by molar-refractivity contribution is 0.0943. The minimum absolute atomic E-state index is 0.190. The number of benzene rings is 1. The lowest BCUT2D eigenvalue weighted by Gasteiger charge is -2.15. The highest BCUT2D eigenvalue weighted by molar-refractivity contribution is 7.80. The number of hydrogen-bond donors (Lipinski definition) is 3. The van der Waals surface area contributed by atoms with Crippen molar-refractivity contribution in [1.29, 1.82) is 0 Å². The molecule has 0 bridgehead atoms. The van der Waals surface area contributed by atoms with Crippen molar-refractivity contribution in [2.24, 2.45) is 0 Å². The summed E-state index contributed by atoms with van der Waals surface area (Å²) in [6.07, 6.45) is 6.10. The fourth-order valence-corrected chi connectivity index (χ4v) is 2.76. The first-order valence-electron chi connectivity index (χ1n) is 7.92. The Morgan fingerprint density at radius 1 is 1.21 bits per heavy atom. The summed E-state index contributed by atoms with van der Waals surface area (Å²) in [4.78, 5) is 12.4. The van der Waals surface area contributed by atoms with Crippen molar-refractivity contribution in [3.8, 4) is 5.69 Å². The molecule has 6 nitrogen and oxygen atoms in total. The smallest absolute Gasteiger partial charge is 0.271 e. The highest BCUT2D eigenvalue weighted by atomic mass is 32.1. The molecule has 0 unspecified atom stereocenters. The van der Waals surface area contributed by atoms with E-state index in [1.165, 1.54) is 0 Å². The molecule has 7 heteroatoms. The Morgan fingerprint density at radius 2 is 2.00 bits per heavy atom. The lowest BCUT2D eigenvalue weighted by Crippen LogP contribution is -2.48. The van der Waals surface area contributed by atoms with Crippen LogP contribution in [0, 0.1) is 0 Å². The molecule has 0 saturated carbocycles. The van der Waals surface area contributed by atoms with Crippen LogP contribution in [-0.2, 0) is 4.74 Å². The van der Waals surface area contributed by atoms with E-state index in [9.17, 15) is 4.79 Å². The Hall–Kier alpha value is -2.38. The van der Waals surface area contributed by atoms with Crippen LogP contribution in [0.4, 0.5) is 0 Å². The zero-order chi connectivity index (χ0) is 16.8. The summed E-state index contributed by atoms with van der Waals surface area (Å²) in [7, 11) is 0. The van der Waals surface area contributed by atoms with Gasteiger partial charge in [0.25, 0.3) is 5.91 Å². The van der Waals surface area contributed by atoms with Crippen LogP contribution in [0.2, 0.25) is 0 Å². The molecule has 0 spiro atoms. The number of nitrogens with zero attached hydrogens (tertiary/aromatic N) is 1. The molecule has 1 atom stereocenters. The zero-order valence-electron chi connectivity index (χ0n) is 13.2. The molecular weight excluding hydrogens is 324 g/mol. The largest absolute Gasteiger partial charge is 0.376 e. The van der Waals surface area contributed by atoms with E-state index >= 15 is 0 Å². The first-order chi connectivity index (χ1) is 11.7. The third-order valence-corrected chi connectivity index (χ3v) is 4.08. The maximum Gasteiger partial charge on any atom is 0.271 e. The van der Waals surface area contributed by atoms with Crippen molar-refractivity contribution in [2.45, 2.75) is 18.9 Å². The van der Waals surface area contributed by atoms with Crippen molar-refractivity contribution in [2.75, 3.05) is 13.2 Å². The van der Waals surface area contributed by atoms with Crippen LogP contribution in [-0.4, -0.2) is 34.8 Å². The van der Waals surface area contributed by atoms with Gasteiger partial charge in [-0.3, -0.25) is 15.6 Å². The van der Waals surface area contributed by atoms with Gasteiger partial charge in [0, 0.05) is 25.5 Å². The number of amides is 1. The van der Waals surface area contributed by atoms with Gasteiger partial charge in [-0.2, -0.15) is 0 Å². The van der Waals surface area contributed by atoms with Gasteiger partial charge in [0.15, 0.2) is 5.11 Å². The minimum Gasteiger partial charge on any atom is -0.376 e. The number of aromatic nitrogens is 1. The molecule has 1 aliphatic heterocycles. The van der Waals surface area contributed by atoms with Crippen LogP contribution in [0.3, 0.4) is 0 Å². The van der Waals surface area contributed by atoms with Crippen molar-refractivity contribution in [3.05, 3.63) is 54.4 Å². The van der Waals surface area contributed by atoms with E-state index < -0.39 is 0 Å². The van der Waals surface area contributed by atoms with Gasteiger partial charge in [-0.05, 0) is 49.3 Å². The number of hydrazine groups is 1. The highest BCUT2D eigenvalue weighted by Crippen LogP contribution is 2.14. The number of carbonyl (C=O) groups excluding carboxylic acids is 1. The van der Waals surface area contributed by atoms with Gasteiger partial charge >= 0.3 is 0 Å². The van der Waals surface area contributed by atoms with Crippen LogP contribution >= 0.6 is 12.2 Å². The molecule has 2 aromatic rings. The second-order valence-electron chi connectivity index (χ2n) is 5.53. The van der Waals surface area contributed by atoms with Gasteiger partial charge in [-0.15, -0.1) is 0 Å². The third kappa shape index (κ3) is 4.12. The quantitative estimate of drug-likeness (QED) is 0.583. The average molecular weight is 344 g/mol. The van der Waals surface area contributed by atoms with Crippen molar-refractivity contribution < 1.29 is 9.53 Å². The van der Waals surface area contributed by atoms with Crippen LogP contribution in [0.5, 0.6) is 0 Å². The van der Waals surface area contributed by atoms with Crippen LogP contribution in [0.15, 0.2) is 48.8 Å². The number of ether oxygens (including phenoxy) is 1. The fraction of sp³-hybridized carbons (Fsp3) is 0.294. The normalized spacial score (nSPS) is 16.6. The average Bonchev–Trinajstić information content (AvgIpc) is 3.31. The summed E-state index contributed by atoms with van der Waals surface area (Å²) in [5, 5.41) is 3.42. The summed E-state index contributed by atoms with van der Waals surface area (Å²) in [6.45, 7) is 1.45. The molecule has 24 heavy (non-hydrogen) atoms. The number of para-hydroxylation sites is 1. The number of nitrogens with one attached hydrogen (secondary N) is 3. The second kappa shape index (κ2) is 7.94. The van der Waals surface area contributed by atoms with Gasteiger partial charge in [0.2, 0.25) is 0 Å². The zero-order valence-corrected chi connectivity index (χ0v) is 14.0. The van der Waals surface area contributed by atoms with Crippen LogP contribution in [0.1, 0.15) is 23.2 Å². The standard InChI is InChI=1S/C17H20N4O2S/c22-16(19-20-17(24)18-12-13-6-5-11-23-13)14-7-1-2-8-15(14)21-9-3-4-10-21/h1-4,7-10,13H,5-6,11-12H2,(H,19,22)(H2,18,20,24)/t13-/m1/s1. The van der Waals surface area contributed by atoms with Crippen molar-refractivity contribution in [3.63, 3.8) is 0 Å². The van der Waals surface area contributed by atoms with E-state index in [-0.39, 0.29) is 12.0 Å². The first-order valence-corrected chi connectivity index (χ1v) is 8.33. The van der Waals surface area contributed by atoms with Gasteiger partial charge in [-0.1, -0.05) is 12.1 Å². The molecule has 0 aliphatic carbocycles. The van der Waals surface area contributed by atoms with Crippen molar-refractivity contribution in [1.82, 2.24) is 20.7 Å². The molecule has 1 aromatic heterocycles. The van der Waals surface area contributed by atoms with Gasteiger partial charge in [0.05, 0.1) is 17.4 Å². The predicted octanol–water partition coefficient (Wildman–Crippen LogP) is 1.77. The van der Waals surface area contributed by atoms with Gasteiger partial charge in [-0.25, -0.2) is 0 Å². The van der Waals surface area contributed by atoms with Crippen molar-refractivity contribution >= 4 is 23.2 Å². The summed E-state index contributed by atoms with van der Waals surface area (Å²) in [5.74, 6) is -0.249. The topological polar surface area (TPSA) is 67.3 Å². The molecule has 1 aliphatic rings. The second-order valence-corrected chi connectivity index (χ2v) is 5.94. The number of thiocarbonyl (C=S) groups is 1. The molecule has 2 heterocycles. The van der Waals surface area contributed by atoms with Gasteiger partial charge in [0.1, 0.15) is 0 Å². The molecule has 1 amide bonds. The number of hydrogen-bond acceptors (Lipinski definition) is 3. The van der Waals surface area contributed by atoms with Crippen LogP contribution < -0.4 is 16.2 Å². The molecule has 1 saturated heterocycles. The molecule has 3 rings (SSSR count). The maximum atomic E-state index is 12.4. The molecule has 1 aromatic carbocycles. The minimum atomic E-state index is -0.249. The summed E-state index contributed by atoms with van der Waals surface area (Å²) < 4.78 is 7.41. The summed E-state index contributed by atoms with van der Waals surface area (Å²) >= 11 is 5.17.